The van der Waals surface area contributed by atoms with Gasteiger partial charge in [-0.05, 0) is 12.8 Å². The van der Waals surface area contributed by atoms with Crippen molar-refractivity contribution in [2.45, 2.75) is 36.9 Å². The van der Waals surface area contributed by atoms with Crippen LogP contribution in [0.4, 0.5) is 10.7 Å². The highest BCUT2D eigenvalue weighted by Crippen LogP contribution is 2.34. The second kappa shape index (κ2) is 5.63. The topological polar surface area (TPSA) is 115 Å². The Morgan fingerprint density at radius 3 is 2.44 bits per heavy atom. The van der Waals surface area contributed by atoms with Crippen LogP contribution >= 0.6 is 11.3 Å². The lowest BCUT2D eigenvalue weighted by Gasteiger charge is -2.13. The molecule has 0 spiro atoms. The summed E-state index contributed by atoms with van der Waals surface area (Å²) in [5.41, 5.74) is 5.05. The van der Waals surface area contributed by atoms with Gasteiger partial charge in [0.25, 0.3) is 10.0 Å². The summed E-state index contributed by atoms with van der Waals surface area (Å²) in [6, 6.07) is 0.808. The Hall–Kier alpha value is -1.19. The van der Waals surface area contributed by atoms with E-state index in [1.807, 2.05) is 13.8 Å². The van der Waals surface area contributed by atoms with Crippen molar-refractivity contribution in [2.24, 2.45) is 0 Å². The first-order chi connectivity index (χ1) is 8.31. The van der Waals surface area contributed by atoms with Gasteiger partial charge in [0.1, 0.15) is 4.21 Å². The molecule has 0 aliphatic carbocycles. The highest BCUT2D eigenvalue weighted by Gasteiger charge is 2.26. The minimum absolute atomic E-state index is 0.107. The number of anilines is 1. The molecular formula is C9H15N3O4S2. The van der Waals surface area contributed by atoms with Gasteiger partial charge in [-0.2, -0.15) is 0 Å². The molecule has 9 heteroatoms. The smallest absolute Gasteiger partial charge is 0.304 e. The fourth-order valence-corrected chi connectivity index (χ4v) is 4.01. The molecule has 0 unspecified atom stereocenters. The number of nitrogen functional groups attached to an aromatic ring is 1. The van der Waals surface area contributed by atoms with Crippen molar-refractivity contribution in [1.82, 2.24) is 4.72 Å². The molecule has 1 aromatic heterocycles. The van der Waals surface area contributed by atoms with E-state index in [9.17, 15) is 18.5 Å². The molecule has 0 amide bonds. The monoisotopic (exact) mass is 293 g/mol. The lowest BCUT2D eigenvalue weighted by atomic mass is 10.2. The van der Waals surface area contributed by atoms with E-state index in [-0.39, 0.29) is 20.9 Å². The maximum atomic E-state index is 12.0. The van der Waals surface area contributed by atoms with Crippen LogP contribution < -0.4 is 10.5 Å². The van der Waals surface area contributed by atoms with Crippen LogP contribution in [-0.4, -0.2) is 19.4 Å². The third-order valence-electron chi connectivity index (χ3n) is 2.49. The van der Waals surface area contributed by atoms with Gasteiger partial charge in [-0.15, -0.1) is 0 Å². The number of nitro groups is 1. The zero-order chi connectivity index (χ0) is 13.9. The Balaban J connectivity index is 3.06. The maximum Gasteiger partial charge on any atom is 0.304 e. The molecule has 3 N–H and O–H groups in total. The number of hydrogen-bond donors (Lipinski definition) is 2. The normalized spacial score (nSPS) is 11.9. The van der Waals surface area contributed by atoms with E-state index in [0.717, 1.165) is 6.07 Å². The molecule has 0 aliphatic heterocycles. The number of sulfonamides is 1. The predicted molar refractivity (Wildman–Crippen MR) is 70.1 cm³/mol. The van der Waals surface area contributed by atoms with Gasteiger partial charge in [0.05, 0.1) is 4.92 Å². The number of nitrogens with one attached hydrogen (secondary N) is 1. The number of thiophene rings is 1. The summed E-state index contributed by atoms with van der Waals surface area (Å²) in [5, 5.41) is 10.5. The molecule has 7 nitrogen and oxygen atoms in total. The van der Waals surface area contributed by atoms with Gasteiger partial charge in [0, 0.05) is 12.1 Å². The van der Waals surface area contributed by atoms with Gasteiger partial charge in [-0.3, -0.25) is 10.1 Å². The highest BCUT2D eigenvalue weighted by molar-refractivity contribution is 7.91. The van der Waals surface area contributed by atoms with E-state index in [2.05, 4.69) is 4.72 Å². The Morgan fingerprint density at radius 1 is 1.50 bits per heavy atom. The summed E-state index contributed by atoms with van der Waals surface area (Å²) in [7, 11) is -3.73. The Bertz CT molecular complexity index is 534. The number of nitrogens with zero attached hydrogens (tertiary/aromatic N) is 1. The Labute approximate surface area is 109 Å². The molecule has 0 saturated heterocycles. The second-order valence-electron chi connectivity index (χ2n) is 3.71. The van der Waals surface area contributed by atoms with E-state index in [0.29, 0.717) is 24.2 Å². The first-order valence-electron chi connectivity index (χ1n) is 5.37. The quantitative estimate of drug-likeness (QED) is 0.612. The molecular weight excluding hydrogens is 278 g/mol. The van der Waals surface area contributed by atoms with Gasteiger partial charge < -0.3 is 5.73 Å². The summed E-state index contributed by atoms with van der Waals surface area (Å²) < 4.78 is 26.3. The number of rotatable bonds is 6. The van der Waals surface area contributed by atoms with Crippen molar-refractivity contribution in [3.63, 3.8) is 0 Å². The second-order valence-corrected chi connectivity index (χ2v) is 6.73. The Kier molecular flexibility index (Phi) is 4.65. The lowest BCUT2D eigenvalue weighted by Crippen LogP contribution is -2.33. The molecule has 0 atom stereocenters. The molecule has 0 aromatic carbocycles. The molecule has 18 heavy (non-hydrogen) atoms. The molecule has 102 valence electrons. The van der Waals surface area contributed by atoms with E-state index in [1.54, 1.807) is 0 Å². The van der Waals surface area contributed by atoms with E-state index < -0.39 is 14.9 Å². The maximum absolute atomic E-state index is 12.0. The van der Waals surface area contributed by atoms with Crippen molar-refractivity contribution in [2.75, 3.05) is 5.73 Å². The SMILES string of the molecule is CCC(CC)NS(=O)(=O)c1cc([N+](=O)[O-])c(N)s1. The summed E-state index contributed by atoms with van der Waals surface area (Å²) in [6.07, 6.45) is 1.30. The summed E-state index contributed by atoms with van der Waals surface area (Å²) in [5.74, 6) is 0. The van der Waals surface area contributed by atoms with Crippen molar-refractivity contribution in [3.8, 4) is 0 Å². The first-order valence-corrected chi connectivity index (χ1v) is 7.67. The zero-order valence-corrected chi connectivity index (χ0v) is 11.7. The van der Waals surface area contributed by atoms with Crippen molar-refractivity contribution in [1.29, 1.82) is 0 Å². The molecule has 0 bridgehead atoms. The standard InChI is InChI=1S/C9H15N3O4S2/c1-3-6(4-2)11-18(15,16)8-5-7(12(13)14)9(10)17-8/h5-6,11H,3-4,10H2,1-2H3. The fraction of sp³-hybridized carbons (Fsp3) is 0.556. The Morgan fingerprint density at radius 2 is 2.06 bits per heavy atom. The van der Waals surface area contributed by atoms with E-state index >= 15 is 0 Å². The third kappa shape index (κ3) is 3.18. The molecule has 1 rings (SSSR count). The van der Waals surface area contributed by atoms with Gasteiger partial charge in [-0.1, -0.05) is 25.2 Å². The number of hydrogen-bond acceptors (Lipinski definition) is 6. The minimum Gasteiger partial charge on any atom is -0.385 e. The fourth-order valence-electron chi connectivity index (χ4n) is 1.38. The van der Waals surface area contributed by atoms with Crippen LogP contribution in [0.25, 0.3) is 0 Å². The van der Waals surface area contributed by atoms with Crippen LogP contribution in [0.15, 0.2) is 10.3 Å². The predicted octanol–water partition coefficient (Wildman–Crippen LogP) is 1.71. The summed E-state index contributed by atoms with van der Waals surface area (Å²) in [6.45, 7) is 3.73. The molecule has 1 heterocycles. The van der Waals surface area contributed by atoms with Crippen molar-refractivity contribution >= 4 is 32.0 Å². The number of nitrogens with two attached hydrogens (primary N) is 1. The van der Waals surface area contributed by atoms with Crippen LogP contribution in [0.5, 0.6) is 0 Å². The summed E-state index contributed by atoms with van der Waals surface area (Å²) in [4.78, 5) is 9.92. The van der Waals surface area contributed by atoms with E-state index in [1.165, 1.54) is 0 Å². The van der Waals surface area contributed by atoms with Crippen molar-refractivity contribution in [3.05, 3.63) is 16.2 Å². The average Bonchev–Trinajstić information content (AvgIpc) is 2.69. The van der Waals surface area contributed by atoms with E-state index in [4.69, 9.17) is 5.73 Å². The molecule has 0 aliphatic rings. The zero-order valence-electron chi connectivity index (χ0n) is 10.0. The largest absolute Gasteiger partial charge is 0.385 e. The molecule has 1 aromatic rings. The molecule has 0 radical (unpaired) electrons. The van der Waals surface area contributed by atoms with Crippen LogP contribution in [0.1, 0.15) is 26.7 Å². The van der Waals surface area contributed by atoms with Gasteiger partial charge in [-0.25, -0.2) is 13.1 Å². The van der Waals surface area contributed by atoms with Gasteiger partial charge >= 0.3 is 5.69 Å². The summed E-state index contributed by atoms with van der Waals surface area (Å²) >= 11 is 0.698. The first kappa shape index (κ1) is 14.9. The van der Waals surface area contributed by atoms with Crippen LogP contribution in [-0.2, 0) is 10.0 Å². The van der Waals surface area contributed by atoms with Gasteiger partial charge in [0.15, 0.2) is 5.00 Å². The van der Waals surface area contributed by atoms with Gasteiger partial charge in [0.2, 0.25) is 0 Å². The molecule has 0 saturated carbocycles. The highest BCUT2D eigenvalue weighted by atomic mass is 32.2. The minimum atomic E-state index is -3.73. The van der Waals surface area contributed by atoms with Crippen molar-refractivity contribution < 1.29 is 13.3 Å². The molecule has 0 fully saturated rings. The third-order valence-corrected chi connectivity index (χ3v) is 5.43. The average molecular weight is 293 g/mol. The lowest BCUT2D eigenvalue weighted by molar-refractivity contribution is -0.383. The van der Waals surface area contributed by atoms with Crippen LogP contribution in [0.2, 0.25) is 0 Å². The van der Waals surface area contributed by atoms with Crippen LogP contribution in [0, 0.1) is 10.1 Å². The van der Waals surface area contributed by atoms with Crippen LogP contribution in [0.3, 0.4) is 0 Å².